The van der Waals surface area contributed by atoms with Crippen molar-refractivity contribution in [1.29, 1.82) is 0 Å². The van der Waals surface area contributed by atoms with Crippen LogP contribution in [0.5, 0.6) is 0 Å². The maximum absolute atomic E-state index is 4.18. The minimum absolute atomic E-state index is 0.675. The molecule has 0 bridgehead atoms. The molecule has 1 nitrogen and oxygen atoms in total. The Morgan fingerprint density at radius 2 is 2.09 bits per heavy atom. The Bertz CT molecular complexity index is 76.0. The van der Waals surface area contributed by atoms with E-state index in [1.54, 1.807) is 0 Å². The van der Waals surface area contributed by atoms with E-state index in [0.717, 1.165) is 5.75 Å². The summed E-state index contributed by atoms with van der Waals surface area (Å²) in [6, 6.07) is 0.675. The fourth-order valence-electron chi connectivity index (χ4n) is 1.02. The van der Waals surface area contributed by atoms with Gasteiger partial charge in [0.25, 0.3) is 0 Å². The van der Waals surface area contributed by atoms with Crippen LogP contribution in [0.1, 0.15) is 39.5 Å². The molecule has 0 amide bonds. The molecule has 0 aliphatic carbocycles. The second-order valence-electron chi connectivity index (χ2n) is 3.07. The van der Waals surface area contributed by atoms with Crippen LogP contribution >= 0.6 is 12.6 Å². The van der Waals surface area contributed by atoms with Gasteiger partial charge < -0.3 is 5.32 Å². The molecule has 1 N–H and O–H groups in total. The predicted octanol–water partition coefficient (Wildman–Crippen LogP) is 2.47. The Morgan fingerprint density at radius 1 is 1.36 bits per heavy atom. The predicted molar refractivity (Wildman–Crippen MR) is 55.5 cm³/mol. The highest BCUT2D eigenvalue weighted by Crippen LogP contribution is 1.97. The van der Waals surface area contributed by atoms with Gasteiger partial charge in [0.2, 0.25) is 0 Å². The Labute approximate surface area is 76.4 Å². The zero-order chi connectivity index (χ0) is 8.53. The van der Waals surface area contributed by atoms with E-state index in [2.05, 4.69) is 31.8 Å². The smallest absolute Gasteiger partial charge is 0.00390 e. The van der Waals surface area contributed by atoms with Crippen LogP contribution in [-0.2, 0) is 0 Å². The summed E-state index contributed by atoms with van der Waals surface area (Å²) in [4.78, 5) is 0. The molecule has 0 aliphatic rings. The highest BCUT2D eigenvalue weighted by Gasteiger charge is 1.97. The molecule has 0 aromatic rings. The summed E-state index contributed by atoms with van der Waals surface area (Å²) >= 11 is 4.18. The molecule has 0 rings (SSSR count). The van der Waals surface area contributed by atoms with Crippen LogP contribution in [0.25, 0.3) is 0 Å². The van der Waals surface area contributed by atoms with E-state index in [4.69, 9.17) is 0 Å². The molecule has 0 saturated heterocycles. The van der Waals surface area contributed by atoms with Crippen LogP contribution in [-0.4, -0.2) is 18.3 Å². The summed E-state index contributed by atoms with van der Waals surface area (Å²) in [6.45, 7) is 5.64. The first-order valence-electron chi connectivity index (χ1n) is 4.65. The molecule has 0 fully saturated rings. The highest BCUT2D eigenvalue weighted by molar-refractivity contribution is 7.80. The SMILES string of the molecule is CCCCNC(C)CCCS. The lowest BCUT2D eigenvalue weighted by molar-refractivity contribution is 0.501. The Balaban J connectivity index is 3.02. The van der Waals surface area contributed by atoms with E-state index < -0.39 is 0 Å². The molecule has 0 radical (unpaired) electrons. The number of nitrogens with one attached hydrogen (secondary N) is 1. The van der Waals surface area contributed by atoms with Crippen LogP contribution in [0.3, 0.4) is 0 Å². The monoisotopic (exact) mass is 175 g/mol. The molecular formula is C9H21NS. The molecular weight excluding hydrogens is 154 g/mol. The van der Waals surface area contributed by atoms with Crippen LogP contribution in [0.15, 0.2) is 0 Å². The molecule has 1 unspecified atom stereocenters. The van der Waals surface area contributed by atoms with Gasteiger partial charge in [-0.05, 0) is 38.5 Å². The number of unbranched alkanes of at least 4 members (excludes halogenated alkanes) is 1. The van der Waals surface area contributed by atoms with Crippen molar-refractivity contribution in [3.8, 4) is 0 Å². The van der Waals surface area contributed by atoms with Crippen molar-refractivity contribution in [3.63, 3.8) is 0 Å². The van der Waals surface area contributed by atoms with Gasteiger partial charge in [0.1, 0.15) is 0 Å². The van der Waals surface area contributed by atoms with Gasteiger partial charge in [-0.3, -0.25) is 0 Å². The molecule has 0 aromatic heterocycles. The minimum atomic E-state index is 0.675. The van der Waals surface area contributed by atoms with Gasteiger partial charge in [0.15, 0.2) is 0 Å². The molecule has 68 valence electrons. The van der Waals surface area contributed by atoms with Crippen molar-refractivity contribution >= 4 is 12.6 Å². The van der Waals surface area contributed by atoms with Crippen molar-refractivity contribution in [2.24, 2.45) is 0 Å². The molecule has 0 saturated carbocycles. The van der Waals surface area contributed by atoms with Crippen LogP contribution in [0.4, 0.5) is 0 Å². The fraction of sp³-hybridized carbons (Fsp3) is 1.00. The minimum Gasteiger partial charge on any atom is -0.314 e. The summed E-state index contributed by atoms with van der Waals surface area (Å²) in [5.74, 6) is 1.01. The lowest BCUT2D eigenvalue weighted by Crippen LogP contribution is -2.26. The van der Waals surface area contributed by atoms with E-state index >= 15 is 0 Å². The molecule has 0 aliphatic heterocycles. The van der Waals surface area contributed by atoms with Gasteiger partial charge in [0, 0.05) is 6.04 Å². The van der Waals surface area contributed by atoms with Crippen molar-refractivity contribution in [2.45, 2.75) is 45.6 Å². The second kappa shape index (κ2) is 8.41. The molecule has 0 aromatic carbocycles. The standard InChI is InChI=1S/C9H21NS/c1-3-4-7-10-9(2)6-5-8-11/h9-11H,3-8H2,1-2H3. The van der Waals surface area contributed by atoms with Crippen LogP contribution < -0.4 is 5.32 Å². The topological polar surface area (TPSA) is 12.0 Å². The van der Waals surface area contributed by atoms with E-state index in [1.807, 2.05) is 0 Å². The quantitative estimate of drug-likeness (QED) is 0.447. The second-order valence-corrected chi connectivity index (χ2v) is 3.52. The number of thiol groups is 1. The van der Waals surface area contributed by atoms with Gasteiger partial charge in [-0.1, -0.05) is 13.3 Å². The summed E-state index contributed by atoms with van der Waals surface area (Å²) in [5, 5.41) is 3.48. The zero-order valence-corrected chi connectivity index (χ0v) is 8.66. The van der Waals surface area contributed by atoms with E-state index in [9.17, 15) is 0 Å². The summed E-state index contributed by atoms with van der Waals surface area (Å²) in [7, 11) is 0. The maximum atomic E-state index is 4.18. The Morgan fingerprint density at radius 3 is 2.64 bits per heavy atom. The number of rotatable bonds is 7. The lowest BCUT2D eigenvalue weighted by atomic mass is 10.2. The Kier molecular flexibility index (Phi) is 8.64. The van der Waals surface area contributed by atoms with E-state index in [1.165, 1.54) is 32.2 Å². The number of hydrogen-bond acceptors (Lipinski definition) is 2. The van der Waals surface area contributed by atoms with Crippen LogP contribution in [0.2, 0.25) is 0 Å². The largest absolute Gasteiger partial charge is 0.314 e. The fourth-order valence-corrected chi connectivity index (χ4v) is 1.21. The molecule has 0 spiro atoms. The van der Waals surface area contributed by atoms with Gasteiger partial charge in [-0.2, -0.15) is 12.6 Å². The Hall–Kier alpha value is 0.310. The van der Waals surface area contributed by atoms with E-state index in [0.29, 0.717) is 6.04 Å². The normalized spacial score (nSPS) is 13.4. The van der Waals surface area contributed by atoms with Crippen molar-refractivity contribution in [2.75, 3.05) is 12.3 Å². The molecule has 1 atom stereocenters. The summed E-state index contributed by atoms with van der Waals surface area (Å²) in [6.07, 6.45) is 5.06. The van der Waals surface area contributed by atoms with Gasteiger partial charge >= 0.3 is 0 Å². The maximum Gasteiger partial charge on any atom is 0.00390 e. The first-order chi connectivity index (χ1) is 5.31. The molecule has 2 heteroatoms. The summed E-state index contributed by atoms with van der Waals surface area (Å²) < 4.78 is 0. The lowest BCUT2D eigenvalue weighted by Gasteiger charge is -2.11. The van der Waals surface area contributed by atoms with Gasteiger partial charge in [-0.15, -0.1) is 0 Å². The third-order valence-electron chi connectivity index (χ3n) is 1.82. The van der Waals surface area contributed by atoms with E-state index in [-0.39, 0.29) is 0 Å². The summed E-state index contributed by atoms with van der Waals surface area (Å²) in [5.41, 5.74) is 0. The molecule has 0 heterocycles. The zero-order valence-electron chi connectivity index (χ0n) is 7.77. The average Bonchev–Trinajstić information content (AvgIpc) is 2.01. The van der Waals surface area contributed by atoms with Gasteiger partial charge in [-0.25, -0.2) is 0 Å². The first-order valence-corrected chi connectivity index (χ1v) is 5.28. The average molecular weight is 175 g/mol. The van der Waals surface area contributed by atoms with Crippen molar-refractivity contribution in [1.82, 2.24) is 5.32 Å². The molecule has 11 heavy (non-hydrogen) atoms. The van der Waals surface area contributed by atoms with Crippen LogP contribution in [0, 0.1) is 0 Å². The van der Waals surface area contributed by atoms with Crippen molar-refractivity contribution in [3.05, 3.63) is 0 Å². The van der Waals surface area contributed by atoms with Crippen molar-refractivity contribution < 1.29 is 0 Å². The third kappa shape index (κ3) is 8.21. The highest BCUT2D eigenvalue weighted by atomic mass is 32.1. The number of hydrogen-bond donors (Lipinski definition) is 2. The third-order valence-corrected chi connectivity index (χ3v) is 2.13. The first kappa shape index (κ1) is 11.3. The van der Waals surface area contributed by atoms with Gasteiger partial charge in [0.05, 0.1) is 0 Å².